The molecular formula is C5H8NO6P. The molecule has 1 unspecified atom stereocenters. The fourth-order valence-electron chi connectivity index (χ4n) is 0.771. The molecule has 1 rings (SSSR count). The van der Waals surface area contributed by atoms with Crippen LogP contribution in [0, 0.1) is 0 Å². The smallest absolute Gasteiger partial charge is 0.364 e. The van der Waals surface area contributed by atoms with Crippen LogP contribution in [0.2, 0.25) is 0 Å². The van der Waals surface area contributed by atoms with Crippen LogP contribution in [0.3, 0.4) is 0 Å². The molecule has 0 amide bonds. The molecule has 1 atom stereocenters. The highest BCUT2D eigenvalue weighted by Gasteiger charge is 2.30. The molecule has 0 aliphatic heterocycles. The summed E-state index contributed by atoms with van der Waals surface area (Å²) in [6.07, 6.45) is 0. The molecule has 1 aromatic heterocycles. The number of hydrogen-bond acceptors (Lipinski definition) is 5. The minimum absolute atomic E-state index is 0.0305. The van der Waals surface area contributed by atoms with Gasteiger partial charge in [0.1, 0.15) is 5.30 Å². The minimum Gasteiger partial charge on any atom is -0.492 e. The summed E-state index contributed by atoms with van der Waals surface area (Å²) < 4.78 is 15.3. The van der Waals surface area contributed by atoms with Gasteiger partial charge < -0.3 is 24.8 Å². The van der Waals surface area contributed by atoms with E-state index >= 15 is 0 Å². The molecule has 4 N–H and O–H groups in total. The lowest BCUT2D eigenvalue weighted by Gasteiger charge is -2.05. The van der Waals surface area contributed by atoms with E-state index in [0.717, 1.165) is 13.2 Å². The third-order valence-corrected chi connectivity index (χ3v) is 2.90. The quantitative estimate of drug-likeness (QED) is 0.389. The van der Waals surface area contributed by atoms with Crippen LogP contribution in [0.15, 0.2) is 6.07 Å². The summed E-state index contributed by atoms with van der Waals surface area (Å²) in [5.74, 6) is -1.68. The van der Waals surface area contributed by atoms with Crippen molar-refractivity contribution in [1.29, 1.82) is 0 Å². The van der Waals surface area contributed by atoms with Crippen LogP contribution in [-0.2, 0) is 9.09 Å². The van der Waals surface area contributed by atoms with Gasteiger partial charge in [0, 0.05) is 13.2 Å². The molecule has 74 valence electrons. The molecule has 0 bridgehead atoms. The van der Waals surface area contributed by atoms with Gasteiger partial charge in [-0.3, -0.25) is 4.57 Å². The highest BCUT2D eigenvalue weighted by atomic mass is 31.2. The summed E-state index contributed by atoms with van der Waals surface area (Å²) in [5, 5.41) is 26.1. The summed E-state index contributed by atoms with van der Waals surface area (Å²) in [4.78, 5) is 9.05. The first-order valence-electron chi connectivity index (χ1n) is 3.12. The van der Waals surface area contributed by atoms with Gasteiger partial charge in [-0.15, -0.1) is 4.73 Å². The molecule has 1 heterocycles. The Hall–Kier alpha value is -1.17. The Bertz CT molecular complexity index is 371. The lowest BCUT2D eigenvalue weighted by atomic mass is 10.6. The van der Waals surface area contributed by atoms with Gasteiger partial charge >= 0.3 is 7.60 Å². The van der Waals surface area contributed by atoms with Crippen LogP contribution < -0.4 is 5.30 Å². The van der Waals surface area contributed by atoms with Crippen LogP contribution in [0.1, 0.15) is 0 Å². The maximum absolute atomic E-state index is 11.1. The third kappa shape index (κ3) is 1.49. The fraction of sp³-hybridized carbons (Fsp3) is 0.200. The van der Waals surface area contributed by atoms with E-state index in [1.807, 2.05) is 0 Å². The number of aromatic hydroxyl groups is 2. The second-order valence-corrected chi connectivity index (χ2v) is 4.11. The Balaban J connectivity index is 3.32. The van der Waals surface area contributed by atoms with Crippen LogP contribution in [0.25, 0.3) is 0 Å². The number of rotatable bonds is 2. The Morgan fingerprint density at radius 2 is 2.08 bits per heavy atom. The molecule has 0 radical (unpaired) electrons. The van der Waals surface area contributed by atoms with Gasteiger partial charge in [0.2, 0.25) is 11.8 Å². The van der Waals surface area contributed by atoms with Gasteiger partial charge in [-0.1, -0.05) is 0 Å². The normalized spacial score (nSPS) is 15.5. The molecule has 0 spiro atoms. The summed E-state index contributed by atoms with van der Waals surface area (Å²) in [6, 6.07) is 0.736. The minimum atomic E-state index is -4.16. The van der Waals surface area contributed by atoms with E-state index in [9.17, 15) is 4.57 Å². The maximum Gasteiger partial charge on any atom is 0.364 e. The van der Waals surface area contributed by atoms with Crippen LogP contribution in [0.4, 0.5) is 0 Å². The third-order valence-electron chi connectivity index (χ3n) is 1.46. The molecule has 1 aromatic rings. The lowest BCUT2D eigenvalue weighted by Crippen LogP contribution is -2.04. The monoisotopic (exact) mass is 209 g/mol. The Morgan fingerprint density at radius 1 is 1.54 bits per heavy atom. The number of aromatic nitrogens is 1. The van der Waals surface area contributed by atoms with E-state index in [4.69, 9.17) is 20.3 Å². The van der Waals surface area contributed by atoms with Crippen molar-refractivity contribution in [3.05, 3.63) is 6.07 Å². The largest absolute Gasteiger partial charge is 0.492 e. The SMILES string of the molecule is COP(=O)(O)c1cc(O)n(O)c1O. The predicted molar refractivity (Wildman–Crippen MR) is 41.4 cm³/mol. The molecular weight excluding hydrogens is 201 g/mol. The van der Waals surface area contributed by atoms with Gasteiger partial charge in [-0.2, -0.15) is 0 Å². The first-order valence-corrected chi connectivity index (χ1v) is 4.70. The van der Waals surface area contributed by atoms with E-state index in [1.165, 1.54) is 0 Å². The van der Waals surface area contributed by atoms with Gasteiger partial charge in [0.05, 0.1) is 0 Å². The summed E-state index contributed by atoms with van der Waals surface area (Å²) in [7, 11) is -3.20. The summed E-state index contributed by atoms with van der Waals surface area (Å²) in [5.41, 5.74) is 0. The zero-order valence-electron chi connectivity index (χ0n) is 6.58. The van der Waals surface area contributed by atoms with Crippen molar-refractivity contribution >= 4 is 12.9 Å². The maximum atomic E-state index is 11.1. The Labute approximate surface area is 72.9 Å². The molecule has 8 heteroatoms. The van der Waals surface area contributed by atoms with Crippen molar-refractivity contribution in [2.45, 2.75) is 0 Å². The van der Waals surface area contributed by atoms with Gasteiger partial charge in [0.25, 0.3) is 0 Å². The van der Waals surface area contributed by atoms with Gasteiger partial charge in [-0.05, 0) is 0 Å². The highest BCUT2D eigenvalue weighted by molar-refractivity contribution is 7.61. The van der Waals surface area contributed by atoms with Crippen molar-refractivity contribution in [1.82, 2.24) is 4.73 Å². The lowest BCUT2D eigenvalue weighted by molar-refractivity contribution is 0.131. The van der Waals surface area contributed by atoms with E-state index < -0.39 is 24.7 Å². The first kappa shape index (κ1) is 9.91. The topological polar surface area (TPSA) is 112 Å². The van der Waals surface area contributed by atoms with Gasteiger partial charge in [0.15, 0.2) is 0 Å². The highest BCUT2D eigenvalue weighted by Crippen LogP contribution is 2.43. The summed E-state index contributed by atoms with van der Waals surface area (Å²) in [6.45, 7) is 0. The van der Waals surface area contributed by atoms with Crippen molar-refractivity contribution in [3.63, 3.8) is 0 Å². The number of nitrogens with zero attached hydrogens (tertiary/aromatic N) is 1. The number of hydrogen-bond donors (Lipinski definition) is 4. The predicted octanol–water partition coefficient (Wildman–Crippen LogP) is -0.406. The fourth-order valence-corrected chi connectivity index (χ4v) is 1.59. The van der Waals surface area contributed by atoms with Crippen molar-refractivity contribution in [2.24, 2.45) is 0 Å². The van der Waals surface area contributed by atoms with Crippen LogP contribution >= 0.6 is 7.60 Å². The second-order valence-electron chi connectivity index (χ2n) is 2.23. The zero-order valence-corrected chi connectivity index (χ0v) is 7.47. The van der Waals surface area contributed by atoms with Crippen LogP contribution in [0.5, 0.6) is 11.8 Å². The average Bonchev–Trinajstić information content (AvgIpc) is 2.33. The van der Waals surface area contributed by atoms with E-state index in [0.29, 0.717) is 0 Å². The zero-order chi connectivity index (χ0) is 10.2. The second kappa shape index (κ2) is 2.95. The van der Waals surface area contributed by atoms with E-state index in [2.05, 4.69) is 4.52 Å². The first-order chi connectivity index (χ1) is 5.90. The molecule has 7 nitrogen and oxygen atoms in total. The van der Waals surface area contributed by atoms with E-state index in [1.54, 1.807) is 0 Å². The van der Waals surface area contributed by atoms with Crippen molar-refractivity contribution < 1.29 is 29.4 Å². The van der Waals surface area contributed by atoms with E-state index in [-0.39, 0.29) is 4.73 Å². The molecule has 0 saturated carbocycles. The van der Waals surface area contributed by atoms with Crippen LogP contribution in [-0.4, -0.2) is 32.2 Å². The molecule has 0 aromatic carbocycles. The molecule has 0 saturated heterocycles. The Kier molecular flexibility index (Phi) is 2.25. The molecule has 0 aliphatic carbocycles. The van der Waals surface area contributed by atoms with Gasteiger partial charge in [-0.25, -0.2) is 0 Å². The molecule has 13 heavy (non-hydrogen) atoms. The summed E-state index contributed by atoms with van der Waals surface area (Å²) >= 11 is 0. The Morgan fingerprint density at radius 3 is 2.38 bits per heavy atom. The van der Waals surface area contributed by atoms with Crippen molar-refractivity contribution in [3.8, 4) is 11.8 Å². The average molecular weight is 209 g/mol. The molecule has 0 aliphatic rings. The van der Waals surface area contributed by atoms with Crippen molar-refractivity contribution in [2.75, 3.05) is 7.11 Å². The standard InChI is InChI=1S/C5H8NO6P/c1-12-13(10,11)3-2-4(7)6(9)5(3)8/h2,7-9H,1H3,(H,10,11). The molecule has 0 fully saturated rings.